The number of nitrogens with zero attached hydrogens (tertiary/aromatic N) is 2. The first-order chi connectivity index (χ1) is 8.69. The lowest BCUT2D eigenvalue weighted by Gasteiger charge is -2.29. The van der Waals surface area contributed by atoms with Crippen LogP contribution >= 0.6 is 0 Å². The van der Waals surface area contributed by atoms with E-state index in [4.69, 9.17) is 15.6 Å². The number of rotatable bonds is 6. The van der Waals surface area contributed by atoms with Crippen LogP contribution in [0, 0.1) is 0 Å². The summed E-state index contributed by atoms with van der Waals surface area (Å²) in [5, 5.41) is 0. The van der Waals surface area contributed by atoms with Crippen molar-refractivity contribution in [2.45, 2.75) is 51.0 Å². The molecule has 1 aliphatic rings. The van der Waals surface area contributed by atoms with Gasteiger partial charge >= 0.3 is 0 Å². The zero-order valence-electron chi connectivity index (χ0n) is 11.4. The Morgan fingerprint density at radius 3 is 2.50 bits per heavy atom. The minimum absolute atomic E-state index is 0.406. The van der Waals surface area contributed by atoms with Gasteiger partial charge in [-0.2, -0.15) is 0 Å². The lowest BCUT2D eigenvalue weighted by molar-refractivity contribution is -0.0292. The quantitative estimate of drug-likeness (QED) is 0.598. The zero-order chi connectivity index (χ0) is 13.2. The van der Waals surface area contributed by atoms with Gasteiger partial charge in [0.1, 0.15) is 11.4 Å². The molecule has 0 bridgehead atoms. The summed E-state index contributed by atoms with van der Waals surface area (Å²) in [5.74, 6) is 7.48. The first kappa shape index (κ1) is 13.2. The van der Waals surface area contributed by atoms with Crippen molar-refractivity contribution >= 4 is 5.82 Å². The average molecular weight is 250 g/mol. The van der Waals surface area contributed by atoms with Gasteiger partial charge in [0.05, 0.1) is 0 Å². The van der Waals surface area contributed by atoms with Crippen LogP contribution in [0.25, 0.3) is 0 Å². The summed E-state index contributed by atoms with van der Waals surface area (Å²) in [5.41, 5.74) is 3.30. The topological polar surface area (TPSA) is 73.1 Å². The standard InChI is InChI=1S/C13H22N4O/c1-4-13(5-2,18-3)12-15-10(9-6-7-9)8-11(16-12)17-14/h8-9H,4-7,14H2,1-3H3,(H,15,16,17). The third-order valence-electron chi connectivity index (χ3n) is 3.83. The number of methoxy groups -OCH3 is 1. The number of aromatic nitrogens is 2. The second-order valence-electron chi connectivity index (χ2n) is 4.83. The summed E-state index contributed by atoms with van der Waals surface area (Å²) in [4.78, 5) is 9.17. The van der Waals surface area contributed by atoms with Crippen LogP contribution in [0.15, 0.2) is 6.07 Å². The third kappa shape index (κ3) is 2.33. The van der Waals surface area contributed by atoms with E-state index in [0.717, 1.165) is 24.4 Å². The molecule has 0 aromatic carbocycles. The minimum atomic E-state index is -0.406. The van der Waals surface area contributed by atoms with Gasteiger partial charge in [0.15, 0.2) is 5.82 Å². The Labute approximate surface area is 108 Å². The van der Waals surface area contributed by atoms with Crippen LogP contribution in [-0.2, 0) is 10.3 Å². The van der Waals surface area contributed by atoms with E-state index in [2.05, 4.69) is 24.3 Å². The van der Waals surface area contributed by atoms with Crippen LogP contribution in [0.1, 0.15) is 57.0 Å². The largest absolute Gasteiger partial charge is 0.370 e. The Morgan fingerprint density at radius 1 is 1.39 bits per heavy atom. The van der Waals surface area contributed by atoms with E-state index in [0.29, 0.717) is 11.7 Å². The predicted octanol–water partition coefficient (Wildman–Crippen LogP) is 2.30. The van der Waals surface area contributed by atoms with Gasteiger partial charge in [0, 0.05) is 24.8 Å². The summed E-state index contributed by atoms with van der Waals surface area (Å²) < 4.78 is 5.68. The van der Waals surface area contributed by atoms with Gasteiger partial charge in [-0.05, 0) is 25.7 Å². The molecule has 0 spiro atoms. The number of hydrazine groups is 1. The van der Waals surface area contributed by atoms with Crippen LogP contribution in [0.4, 0.5) is 5.82 Å². The highest BCUT2D eigenvalue weighted by molar-refractivity contribution is 5.37. The van der Waals surface area contributed by atoms with E-state index < -0.39 is 5.60 Å². The smallest absolute Gasteiger partial charge is 0.162 e. The molecule has 1 saturated carbocycles. The molecular weight excluding hydrogens is 228 g/mol. The van der Waals surface area contributed by atoms with Crippen molar-refractivity contribution in [1.82, 2.24) is 9.97 Å². The van der Waals surface area contributed by atoms with Crippen LogP contribution < -0.4 is 11.3 Å². The van der Waals surface area contributed by atoms with Crippen molar-refractivity contribution in [3.8, 4) is 0 Å². The maximum Gasteiger partial charge on any atom is 0.162 e. The number of nitrogens with one attached hydrogen (secondary N) is 1. The molecule has 1 fully saturated rings. The molecule has 5 heteroatoms. The number of hydrogen-bond acceptors (Lipinski definition) is 5. The fourth-order valence-electron chi connectivity index (χ4n) is 2.28. The van der Waals surface area contributed by atoms with E-state index in [1.54, 1.807) is 7.11 Å². The van der Waals surface area contributed by atoms with Crippen LogP contribution in [-0.4, -0.2) is 17.1 Å². The number of anilines is 1. The monoisotopic (exact) mass is 250 g/mol. The van der Waals surface area contributed by atoms with Gasteiger partial charge in [0.25, 0.3) is 0 Å². The van der Waals surface area contributed by atoms with Crippen molar-refractivity contribution in [1.29, 1.82) is 0 Å². The molecule has 0 amide bonds. The van der Waals surface area contributed by atoms with E-state index in [1.807, 2.05) is 6.07 Å². The van der Waals surface area contributed by atoms with Crippen molar-refractivity contribution in [2.75, 3.05) is 12.5 Å². The number of nitrogens with two attached hydrogens (primary N) is 1. The van der Waals surface area contributed by atoms with E-state index in [-0.39, 0.29) is 0 Å². The van der Waals surface area contributed by atoms with E-state index >= 15 is 0 Å². The minimum Gasteiger partial charge on any atom is -0.370 e. The second kappa shape index (κ2) is 5.20. The highest BCUT2D eigenvalue weighted by atomic mass is 16.5. The maximum atomic E-state index is 5.68. The molecule has 0 saturated heterocycles. The van der Waals surface area contributed by atoms with Crippen LogP contribution in [0.5, 0.6) is 0 Å². The summed E-state index contributed by atoms with van der Waals surface area (Å²) in [7, 11) is 1.72. The van der Waals surface area contributed by atoms with Gasteiger partial charge in [-0.3, -0.25) is 0 Å². The molecule has 0 radical (unpaired) electrons. The lowest BCUT2D eigenvalue weighted by atomic mass is 9.95. The second-order valence-corrected chi connectivity index (χ2v) is 4.83. The molecule has 1 aromatic rings. The van der Waals surface area contributed by atoms with Crippen molar-refractivity contribution < 1.29 is 4.74 Å². The van der Waals surface area contributed by atoms with Gasteiger partial charge in [-0.1, -0.05) is 13.8 Å². The molecule has 1 aromatic heterocycles. The maximum absolute atomic E-state index is 5.68. The van der Waals surface area contributed by atoms with Crippen molar-refractivity contribution in [3.63, 3.8) is 0 Å². The van der Waals surface area contributed by atoms with Crippen molar-refractivity contribution in [3.05, 3.63) is 17.6 Å². The Hall–Kier alpha value is -1.20. The Balaban J connectivity index is 2.44. The van der Waals surface area contributed by atoms with E-state index in [1.165, 1.54) is 12.8 Å². The molecule has 3 N–H and O–H groups in total. The first-order valence-electron chi connectivity index (χ1n) is 6.60. The molecule has 1 aliphatic carbocycles. The summed E-state index contributed by atoms with van der Waals surface area (Å²) in [6, 6.07) is 1.94. The zero-order valence-corrected chi connectivity index (χ0v) is 11.4. The third-order valence-corrected chi connectivity index (χ3v) is 3.83. The van der Waals surface area contributed by atoms with E-state index in [9.17, 15) is 0 Å². The van der Waals surface area contributed by atoms with Gasteiger partial charge < -0.3 is 10.2 Å². The summed E-state index contributed by atoms with van der Waals surface area (Å²) in [6.07, 6.45) is 4.10. The molecule has 18 heavy (non-hydrogen) atoms. The Kier molecular flexibility index (Phi) is 3.82. The Bertz CT molecular complexity index is 405. The van der Waals surface area contributed by atoms with Crippen LogP contribution in [0.2, 0.25) is 0 Å². The van der Waals surface area contributed by atoms with Gasteiger partial charge in [-0.15, -0.1) is 0 Å². The molecule has 1 heterocycles. The molecule has 5 nitrogen and oxygen atoms in total. The first-order valence-corrected chi connectivity index (χ1v) is 6.60. The Morgan fingerprint density at radius 2 is 2.06 bits per heavy atom. The van der Waals surface area contributed by atoms with Crippen molar-refractivity contribution in [2.24, 2.45) is 5.84 Å². The SMILES string of the molecule is CCC(CC)(OC)c1nc(NN)cc(C2CC2)n1. The number of ether oxygens (including phenoxy) is 1. The molecular formula is C13H22N4O. The molecule has 2 rings (SSSR count). The summed E-state index contributed by atoms with van der Waals surface area (Å²) in [6.45, 7) is 4.19. The predicted molar refractivity (Wildman–Crippen MR) is 71.1 cm³/mol. The van der Waals surface area contributed by atoms with Gasteiger partial charge in [0.2, 0.25) is 0 Å². The number of nitrogen functional groups attached to an aromatic ring is 1. The molecule has 100 valence electrons. The molecule has 0 unspecified atom stereocenters. The fourth-order valence-corrected chi connectivity index (χ4v) is 2.28. The highest BCUT2D eigenvalue weighted by Crippen LogP contribution is 2.41. The average Bonchev–Trinajstić information content (AvgIpc) is 3.25. The molecule has 0 atom stereocenters. The number of hydrogen-bond donors (Lipinski definition) is 2. The highest BCUT2D eigenvalue weighted by Gasteiger charge is 2.34. The molecule has 0 aliphatic heterocycles. The van der Waals surface area contributed by atoms with Gasteiger partial charge in [-0.25, -0.2) is 15.8 Å². The van der Waals surface area contributed by atoms with Crippen LogP contribution in [0.3, 0.4) is 0 Å². The summed E-state index contributed by atoms with van der Waals surface area (Å²) >= 11 is 0. The fraction of sp³-hybridized carbons (Fsp3) is 0.692. The normalized spacial score (nSPS) is 15.8. The lowest BCUT2D eigenvalue weighted by Crippen LogP contribution is -2.30.